The minimum Gasteiger partial charge on any atom is -0.390 e. The Labute approximate surface area is 139 Å². The first-order valence-electron chi connectivity index (χ1n) is 7.05. The minimum absolute atomic E-state index is 0. The predicted molar refractivity (Wildman–Crippen MR) is 84.3 cm³/mol. The van der Waals surface area contributed by atoms with Gasteiger partial charge in [-0.25, -0.2) is 8.78 Å². The maximum absolute atomic E-state index is 14.2. The third-order valence-corrected chi connectivity index (χ3v) is 3.87. The van der Waals surface area contributed by atoms with Gasteiger partial charge < -0.3 is 10.4 Å². The second-order valence-electron chi connectivity index (χ2n) is 5.41. The zero-order valence-corrected chi connectivity index (χ0v) is 13.5. The lowest BCUT2D eigenvalue weighted by Gasteiger charge is -2.38. The van der Waals surface area contributed by atoms with E-state index in [1.54, 1.807) is 11.8 Å². The number of piperazine rings is 1. The molecule has 1 atom stereocenters. The van der Waals surface area contributed by atoms with Crippen LogP contribution in [-0.4, -0.2) is 53.6 Å². The molecule has 0 radical (unpaired) electrons. The molecule has 1 fully saturated rings. The molecule has 1 aliphatic heterocycles. The quantitative estimate of drug-likeness (QED) is 0.625. The number of nitrogens with zero attached hydrogens (tertiary/aromatic N) is 2. The molecule has 0 saturated carbocycles. The summed E-state index contributed by atoms with van der Waals surface area (Å²) in [6, 6.07) is 2.75. The number of aliphatic hydroxyl groups is 1. The summed E-state index contributed by atoms with van der Waals surface area (Å²) in [6.45, 7) is 2.16. The predicted octanol–water partition coefficient (Wildman–Crippen LogP) is 1.90. The molecule has 0 aliphatic carbocycles. The summed E-state index contributed by atoms with van der Waals surface area (Å²) in [5.74, 6) is -3.37. The van der Waals surface area contributed by atoms with Gasteiger partial charge in [-0.1, -0.05) is 12.1 Å². The largest absolute Gasteiger partial charge is 0.390 e. The molecule has 1 heterocycles. The van der Waals surface area contributed by atoms with Gasteiger partial charge in [0, 0.05) is 37.8 Å². The number of hydrogen-bond donors (Lipinski definition) is 2. The lowest BCUT2D eigenvalue weighted by atomic mass is 9.96. The molecule has 2 N–H and O–H groups in total. The fourth-order valence-corrected chi connectivity index (χ4v) is 2.74. The van der Waals surface area contributed by atoms with Gasteiger partial charge in [0.25, 0.3) is 11.6 Å². The average molecular weight is 352 g/mol. The average Bonchev–Trinajstić information content (AvgIpc) is 2.50. The number of alkyl halides is 2. The van der Waals surface area contributed by atoms with E-state index in [1.165, 1.54) is 18.2 Å². The number of benzene rings is 1. The van der Waals surface area contributed by atoms with Gasteiger partial charge in [0.1, 0.15) is 12.6 Å². The van der Waals surface area contributed by atoms with Crippen molar-refractivity contribution in [1.82, 2.24) is 10.2 Å². The molecule has 1 saturated heterocycles. The number of rotatable bonds is 5. The van der Waals surface area contributed by atoms with Gasteiger partial charge in [0.05, 0.1) is 4.92 Å². The molecule has 9 heteroatoms. The Balaban J connectivity index is 0.00000264. The maximum Gasteiger partial charge on any atom is 0.289 e. The molecule has 0 amide bonds. The van der Waals surface area contributed by atoms with E-state index in [0.29, 0.717) is 31.7 Å². The van der Waals surface area contributed by atoms with E-state index in [1.807, 2.05) is 0 Å². The van der Waals surface area contributed by atoms with Crippen molar-refractivity contribution < 1.29 is 18.8 Å². The van der Waals surface area contributed by atoms with Crippen molar-refractivity contribution >= 4 is 18.1 Å². The van der Waals surface area contributed by atoms with Crippen molar-refractivity contribution in [3.63, 3.8) is 0 Å². The van der Waals surface area contributed by atoms with Gasteiger partial charge >= 0.3 is 0 Å². The van der Waals surface area contributed by atoms with Crippen LogP contribution >= 0.6 is 12.4 Å². The van der Waals surface area contributed by atoms with Crippen molar-refractivity contribution in [3.8, 4) is 0 Å². The maximum atomic E-state index is 14.2. The van der Waals surface area contributed by atoms with E-state index in [9.17, 15) is 18.9 Å². The third-order valence-electron chi connectivity index (χ3n) is 3.87. The molecule has 130 valence electrons. The molecular weight excluding hydrogens is 332 g/mol. The zero-order valence-electron chi connectivity index (χ0n) is 12.7. The Morgan fingerprint density at radius 3 is 2.57 bits per heavy atom. The monoisotopic (exact) mass is 351 g/mol. The number of aryl methyl sites for hydroxylation is 1. The number of nitro groups is 1. The van der Waals surface area contributed by atoms with Crippen LogP contribution in [0.2, 0.25) is 0 Å². The summed E-state index contributed by atoms with van der Waals surface area (Å²) < 4.78 is 28.5. The number of hydrogen-bond acceptors (Lipinski definition) is 5. The molecule has 1 aromatic rings. The summed E-state index contributed by atoms with van der Waals surface area (Å²) in [4.78, 5) is 12.0. The Morgan fingerprint density at radius 2 is 2.04 bits per heavy atom. The standard InChI is InChI=1S/C14H19F2N3O3.ClH/c1-10-2-3-11(8-12(10)19(21)22)13(14(15,16)9-20)18-6-4-17-5-7-18;/h2-3,8,13,17,20H,4-7,9H2,1H3;1H/t13-;/m0./s1. The van der Waals surface area contributed by atoms with Crippen LogP contribution in [-0.2, 0) is 0 Å². The minimum atomic E-state index is -3.37. The third kappa shape index (κ3) is 4.35. The van der Waals surface area contributed by atoms with Gasteiger partial charge in [0.2, 0.25) is 0 Å². The molecule has 1 aromatic carbocycles. The van der Waals surface area contributed by atoms with Crippen LogP contribution in [0, 0.1) is 17.0 Å². The Hall–Kier alpha value is -1.35. The van der Waals surface area contributed by atoms with E-state index in [2.05, 4.69) is 5.32 Å². The Morgan fingerprint density at radius 1 is 1.43 bits per heavy atom. The van der Waals surface area contributed by atoms with Gasteiger partial charge in [0.15, 0.2) is 0 Å². The van der Waals surface area contributed by atoms with Gasteiger partial charge in [-0.15, -0.1) is 12.4 Å². The van der Waals surface area contributed by atoms with Gasteiger partial charge in [-0.2, -0.15) is 0 Å². The SMILES string of the molecule is Cc1ccc([C@H](N2CCNCC2)C(F)(F)CO)cc1[N+](=O)[O-].Cl. The summed E-state index contributed by atoms with van der Waals surface area (Å²) in [7, 11) is 0. The molecule has 0 aromatic heterocycles. The highest BCUT2D eigenvalue weighted by molar-refractivity contribution is 5.85. The van der Waals surface area contributed by atoms with Crippen LogP contribution < -0.4 is 5.32 Å². The zero-order chi connectivity index (χ0) is 16.3. The number of aliphatic hydroxyl groups excluding tert-OH is 1. The normalized spacial score (nSPS) is 17.4. The first-order valence-corrected chi connectivity index (χ1v) is 7.05. The molecule has 2 rings (SSSR count). The van der Waals surface area contributed by atoms with Crippen molar-refractivity contribution in [2.75, 3.05) is 32.8 Å². The molecule has 0 bridgehead atoms. The molecule has 6 nitrogen and oxygen atoms in total. The smallest absolute Gasteiger partial charge is 0.289 e. The van der Waals surface area contributed by atoms with Crippen molar-refractivity contribution in [3.05, 3.63) is 39.4 Å². The fraction of sp³-hybridized carbons (Fsp3) is 0.571. The highest BCUT2D eigenvalue weighted by Crippen LogP contribution is 2.38. The Bertz CT molecular complexity index is 554. The first-order chi connectivity index (χ1) is 10.4. The summed E-state index contributed by atoms with van der Waals surface area (Å²) >= 11 is 0. The van der Waals surface area contributed by atoms with Crippen LogP contribution in [0.25, 0.3) is 0 Å². The Kier molecular flexibility index (Phi) is 6.82. The fourth-order valence-electron chi connectivity index (χ4n) is 2.74. The highest BCUT2D eigenvalue weighted by atomic mass is 35.5. The summed E-state index contributed by atoms with van der Waals surface area (Å²) in [5, 5.41) is 23.2. The molecule has 1 aliphatic rings. The van der Waals surface area contributed by atoms with E-state index in [4.69, 9.17) is 5.11 Å². The van der Waals surface area contributed by atoms with Crippen LogP contribution in [0.3, 0.4) is 0 Å². The van der Waals surface area contributed by atoms with E-state index >= 15 is 0 Å². The lowest BCUT2D eigenvalue weighted by molar-refractivity contribution is -0.385. The highest BCUT2D eigenvalue weighted by Gasteiger charge is 2.44. The molecule has 23 heavy (non-hydrogen) atoms. The van der Waals surface area contributed by atoms with Crippen molar-refractivity contribution in [2.45, 2.75) is 18.9 Å². The van der Waals surface area contributed by atoms with Gasteiger partial charge in [-0.3, -0.25) is 15.0 Å². The van der Waals surface area contributed by atoms with E-state index in [0.717, 1.165) is 0 Å². The number of halogens is 3. The second-order valence-corrected chi connectivity index (χ2v) is 5.41. The van der Waals surface area contributed by atoms with Gasteiger partial charge in [-0.05, 0) is 12.5 Å². The van der Waals surface area contributed by atoms with Crippen molar-refractivity contribution in [2.24, 2.45) is 0 Å². The summed E-state index contributed by atoms with van der Waals surface area (Å²) in [6.07, 6.45) is 0. The van der Waals surface area contributed by atoms with Crippen LogP contribution in [0.1, 0.15) is 17.2 Å². The second kappa shape index (κ2) is 7.96. The van der Waals surface area contributed by atoms with Crippen molar-refractivity contribution in [1.29, 1.82) is 0 Å². The summed E-state index contributed by atoms with van der Waals surface area (Å²) in [5.41, 5.74) is 0.379. The topological polar surface area (TPSA) is 78.6 Å². The molecular formula is C14H20ClF2N3O3. The number of nitro benzene ring substituents is 1. The molecule has 0 spiro atoms. The first kappa shape index (κ1) is 19.7. The van der Waals surface area contributed by atoms with Crippen LogP contribution in [0.4, 0.5) is 14.5 Å². The lowest BCUT2D eigenvalue weighted by Crippen LogP contribution is -2.51. The van der Waals surface area contributed by atoms with Crippen LogP contribution in [0.5, 0.6) is 0 Å². The van der Waals surface area contributed by atoms with E-state index < -0.39 is 23.5 Å². The van der Waals surface area contributed by atoms with Crippen LogP contribution in [0.15, 0.2) is 18.2 Å². The molecule has 0 unspecified atom stereocenters. The van der Waals surface area contributed by atoms with E-state index in [-0.39, 0.29) is 23.7 Å². The number of nitrogens with one attached hydrogen (secondary N) is 1.